The maximum absolute atomic E-state index is 12.5. The van der Waals surface area contributed by atoms with E-state index in [1.165, 1.54) is 43.0 Å². The van der Waals surface area contributed by atoms with Crippen LogP contribution in [0.5, 0.6) is 0 Å². The van der Waals surface area contributed by atoms with Crippen molar-refractivity contribution in [1.29, 1.82) is 0 Å². The second kappa shape index (κ2) is 7.82. The summed E-state index contributed by atoms with van der Waals surface area (Å²) in [5, 5.41) is 12.8. The van der Waals surface area contributed by atoms with Gasteiger partial charge in [-0.2, -0.15) is 0 Å². The molecule has 2 aliphatic rings. The Bertz CT molecular complexity index is 750. The van der Waals surface area contributed by atoms with Crippen molar-refractivity contribution < 1.29 is 4.79 Å². The molecule has 0 saturated heterocycles. The lowest BCUT2D eigenvalue weighted by atomic mass is 10.2. The molecule has 1 aromatic carbocycles. The Kier molecular flexibility index (Phi) is 5.29. The number of amides is 1. The van der Waals surface area contributed by atoms with Crippen LogP contribution in [0.25, 0.3) is 0 Å². The second-order valence-corrected chi connectivity index (χ2v) is 8.74. The summed E-state index contributed by atoms with van der Waals surface area (Å²) in [6.45, 7) is 2.73. The molecule has 5 nitrogen and oxygen atoms in total. The van der Waals surface area contributed by atoms with Crippen molar-refractivity contribution in [2.45, 2.75) is 74.4 Å². The molecule has 2 aliphatic carbocycles. The van der Waals surface area contributed by atoms with E-state index in [2.05, 4.69) is 44.3 Å². The summed E-state index contributed by atoms with van der Waals surface area (Å²) in [4.78, 5) is 12.5. The standard InChI is InChI=1S/C20H26N4OS/c1-14(19(25)21-17-9-5-6-10-17)26-20-23-22-18(16-11-12-16)24(20)13-15-7-3-2-4-8-15/h2-4,7-8,14,16-17H,5-6,9-13H2,1H3,(H,21,25)/t14-/m1/s1. The Labute approximate surface area is 159 Å². The minimum atomic E-state index is -0.165. The Hall–Kier alpha value is -1.82. The van der Waals surface area contributed by atoms with Gasteiger partial charge in [0.1, 0.15) is 5.82 Å². The molecule has 2 saturated carbocycles. The quantitative estimate of drug-likeness (QED) is 0.754. The fourth-order valence-corrected chi connectivity index (χ4v) is 4.41. The van der Waals surface area contributed by atoms with Crippen LogP contribution in [-0.4, -0.2) is 32.0 Å². The Morgan fingerprint density at radius 2 is 1.92 bits per heavy atom. The summed E-state index contributed by atoms with van der Waals surface area (Å²) in [7, 11) is 0. The van der Waals surface area contributed by atoms with Gasteiger partial charge in [-0.1, -0.05) is 54.9 Å². The fourth-order valence-electron chi connectivity index (χ4n) is 3.55. The molecule has 4 rings (SSSR count). The van der Waals surface area contributed by atoms with Crippen molar-refractivity contribution in [2.75, 3.05) is 0 Å². The van der Waals surface area contributed by atoms with Gasteiger partial charge in [-0.3, -0.25) is 4.79 Å². The van der Waals surface area contributed by atoms with E-state index < -0.39 is 0 Å². The van der Waals surface area contributed by atoms with E-state index in [0.29, 0.717) is 12.0 Å². The van der Waals surface area contributed by atoms with Crippen LogP contribution >= 0.6 is 11.8 Å². The van der Waals surface area contributed by atoms with Gasteiger partial charge in [0.25, 0.3) is 0 Å². The predicted octanol–water partition coefficient (Wildman–Crippen LogP) is 3.74. The van der Waals surface area contributed by atoms with Gasteiger partial charge in [0.15, 0.2) is 5.16 Å². The van der Waals surface area contributed by atoms with Crippen molar-refractivity contribution in [3.8, 4) is 0 Å². The number of benzene rings is 1. The largest absolute Gasteiger partial charge is 0.352 e. The Morgan fingerprint density at radius 1 is 1.19 bits per heavy atom. The smallest absolute Gasteiger partial charge is 0.233 e. The van der Waals surface area contributed by atoms with Crippen molar-refractivity contribution in [3.63, 3.8) is 0 Å². The highest BCUT2D eigenvalue weighted by Gasteiger charge is 2.31. The second-order valence-electron chi connectivity index (χ2n) is 7.44. The number of carbonyl (C=O) groups excluding carboxylic acids is 1. The predicted molar refractivity (Wildman–Crippen MR) is 103 cm³/mol. The summed E-state index contributed by atoms with van der Waals surface area (Å²) in [5.41, 5.74) is 1.24. The molecule has 1 amide bonds. The number of thioether (sulfide) groups is 1. The number of hydrogen-bond acceptors (Lipinski definition) is 4. The van der Waals surface area contributed by atoms with Crippen LogP contribution in [0.3, 0.4) is 0 Å². The van der Waals surface area contributed by atoms with Gasteiger partial charge >= 0.3 is 0 Å². The number of nitrogens with one attached hydrogen (secondary N) is 1. The molecule has 26 heavy (non-hydrogen) atoms. The van der Waals surface area contributed by atoms with Gasteiger partial charge in [-0.25, -0.2) is 0 Å². The van der Waals surface area contributed by atoms with Crippen molar-refractivity contribution >= 4 is 17.7 Å². The molecule has 2 aromatic rings. The van der Waals surface area contributed by atoms with E-state index in [-0.39, 0.29) is 11.2 Å². The zero-order valence-electron chi connectivity index (χ0n) is 15.2. The van der Waals surface area contributed by atoms with Crippen LogP contribution in [0, 0.1) is 0 Å². The van der Waals surface area contributed by atoms with E-state index in [1.54, 1.807) is 0 Å². The van der Waals surface area contributed by atoms with Gasteiger partial charge < -0.3 is 9.88 Å². The maximum Gasteiger partial charge on any atom is 0.233 e. The first-order chi connectivity index (χ1) is 12.7. The van der Waals surface area contributed by atoms with Gasteiger partial charge in [-0.05, 0) is 38.2 Å². The third-order valence-electron chi connectivity index (χ3n) is 5.22. The number of rotatable bonds is 7. The van der Waals surface area contributed by atoms with Gasteiger partial charge in [0.2, 0.25) is 5.91 Å². The molecule has 1 aromatic heterocycles. The van der Waals surface area contributed by atoms with E-state index in [9.17, 15) is 4.79 Å². The molecular formula is C20H26N4OS. The van der Waals surface area contributed by atoms with Crippen LogP contribution in [0.2, 0.25) is 0 Å². The van der Waals surface area contributed by atoms with Crippen molar-refractivity contribution in [1.82, 2.24) is 20.1 Å². The first kappa shape index (κ1) is 17.6. The summed E-state index contributed by atoms with van der Waals surface area (Å²) >= 11 is 1.52. The Balaban J connectivity index is 1.47. The monoisotopic (exact) mass is 370 g/mol. The first-order valence-corrected chi connectivity index (χ1v) is 10.5. The minimum Gasteiger partial charge on any atom is -0.352 e. The zero-order chi connectivity index (χ0) is 17.9. The van der Waals surface area contributed by atoms with E-state index >= 15 is 0 Å². The van der Waals surface area contributed by atoms with Gasteiger partial charge in [-0.15, -0.1) is 10.2 Å². The lowest BCUT2D eigenvalue weighted by Crippen LogP contribution is -2.37. The van der Waals surface area contributed by atoms with Crippen LogP contribution in [-0.2, 0) is 11.3 Å². The molecule has 138 valence electrons. The molecule has 0 radical (unpaired) electrons. The topological polar surface area (TPSA) is 59.8 Å². The normalized spacial score (nSPS) is 18.8. The number of hydrogen-bond donors (Lipinski definition) is 1. The summed E-state index contributed by atoms with van der Waals surface area (Å²) < 4.78 is 2.21. The fraction of sp³-hybridized carbons (Fsp3) is 0.550. The van der Waals surface area contributed by atoms with Gasteiger partial charge in [0.05, 0.1) is 11.8 Å². The lowest BCUT2D eigenvalue weighted by Gasteiger charge is -2.17. The number of nitrogens with zero attached hydrogens (tertiary/aromatic N) is 3. The lowest BCUT2D eigenvalue weighted by molar-refractivity contribution is -0.120. The third kappa shape index (κ3) is 4.11. The van der Waals surface area contributed by atoms with Crippen LogP contribution in [0.1, 0.15) is 62.8 Å². The molecule has 6 heteroatoms. The van der Waals surface area contributed by atoms with E-state index in [1.807, 2.05) is 13.0 Å². The molecule has 0 spiro atoms. The van der Waals surface area contributed by atoms with Crippen molar-refractivity contribution in [3.05, 3.63) is 41.7 Å². The highest BCUT2D eigenvalue weighted by molar-refractivity contribution is 8.00. The highest BCUT2D eigenvalue weighted by atomic mass is 32.2. The van der Waals surface area contributed by atoms with Crippen LogP contribution < -0.4 is 5.32 Å². The van der Waals surface area contributed by atoms with E-state index in [4.69, 9.17) is 0 Å². The molecule has 1 N–H and O–H groups in total. The minimum absolute atomic E-state index is 0.115. The zero-order valence-corrected chi connectivity index (χ0v) is 16.0. The van der Waals surface area contributed by atoms with E-state index in [0.717, 1.165) is 30.4 Å². The van der Waals surface area contributed by atoms with Gasteiger partial charge in [0, 0.05) is 12.0 Å². The average molecular weight is 371 g/mol. The molecular weight excluding hydrogens is 344 g/mol. The molecule has 2 fully saturated rings. The van der Waals surface area contributed by atoms with Crippen LogP contribution in [0.15, 0.2) is 35.5 Å². The van der Waals surface area contributed by atoms with Crippen LogP contribution in [0.4, 0.5) is 0 Å². The van der Waals surface area contributed by atoms with Crippen molar-refractivity contribution in [2.24, 2.45) is 0 Å². The highest BCUT2D eigenvalue weighted by Crippen LogP contribution is 2.40. The molecule has 1 heterocycles. The summed E-state index contributed by atoms with van der Waals surface area (Å²) in [5.74, 6) is 1.71. The Morgan fingerprint density at radius 3 is 2.62 bits per heavy atom. The average Bonchev–Trinajstić information content (AvgIpc) is 3.23. The molecule has 0 aliphatic heterocycles. The maximum atomic E-state index is 12.5. The third-order valence-corrected chi connectivity index (χ3v) is 6.30. The molecule has 0 bridgehead atoms. The molecule has 1 atom stereocenters. The first-order valence-electron chi connectivity index (χ1n) is 9.65. The summed E-state index contributed by atoms with van der Waals surface area (Å²) in [6, 6.07) is 10.8. The SMILES string of the molecule is C[C@@H](Sc1nnc(C2CC2)n1Cc1ccccc1)C(=O)NC1CCCC1. The number of aromatic nitrogens is 3. The number of carbonyl (C=O) groups is 1. The summed E-state index contributed by atoms with van der Waals surface area (Å²) in [6.07, 6.45) is 7.05. The molecule has 0 unspecified atom stereocenters.